The molecule has 1 amide bonds. The lowest BCUT2D eigenvalue weighted by molar-refractivity contribution is -0.141. The predicted molar refractivity (Wildman–Crippen MR) is 92.6 cm³/mol. The standard InChI is InChI=1S/C17H25N3O4/c1-19-8-10-20(11-9-19)13-4-5-15(23-2)14(12-13)18-16(21)6-7-17(22)24-3/h4-5,12H,6-11H2,1-3H3,(H,18,21). The number of piperazine rings is 1. The zero-order valence-electron chi connectivity index (χ0n) is 14.5. The van der Waals surface area contributed by atoms with Crippen molar-refractivity contribution in [2.75, 3.05) is 57.7 Å². The smallest absolute Gasteiger partial charge is 0.306 e. The van der Waals surface area contributed by atoms with E-state index in [1.54, 1.807) is 7.11 Å². The molecule has 1 aliphatic rings. The van der Waals surface area contributed by atoms with Crippen LogP contribution in [0, 0.1) is 0 Å². The van der Waals surface area contributed by atoms with Crippen LogP contribution in [0.3, 0.4) is 0 Å². The van der Waals surface area contributed by atoms with Crippen molar-refractivity contribution in [3.63, 3.8) is 0 Å². The quantitative estimate of drug-likeness (QED) is 0.791. The van der Waals surface area contributed by atoms with Gasteiger partial charge < -0.3 is 24.6 Å². The van der Waals surface area contributed by atoms with Gasteiger partial charge in [0.05, 0.1) is 26.3 Å². The van der Waals surface area contributed by atoms with E-state index in [1.807, 2.05) is 18.2 Å². The Morgan fingerprint density at radius 1 is 1.12 bits per heavy atom. The normalized spacial score (nSPS) is 15.0. The van der Waals surface area contributed by atoms with Gasteiger partial charge in [0.25, 0.3) is 0 Å². The summed E-state index contributed by atoms with van der Waals surface area (Å²) in [6.45, 7) is 3.90. The SMILES string of the molecule is COC(=O)CCC(=O)Nc1cc(N2CCN(C)CC2)ccc1OC. The monoisotopic (exact) mass is 335 g/mol. The summed E-state index contributed by atoms with van der Waals surface area (Å²) in [6.07, 6.45) is 0.136. The van der Waals surface area contributed by atoms with E-state index in [1.165, 1.54) is 7.11 Å². The second-order valence-corrected chi connectivity index (χ2v) is 5.80. The van der Waals surface area contributed by atoms with Crippen molar-refractivity contribution in [3.05, 3.63) is 18.2 Å². The van der Waals surface area contributed by atoms with E-state index < -0.39 is 5.97 Å². The molecule has 0 aromatic heterocycles. The summed E-state index contributed by atoms with van der Waals surface area (Å²) in [6, 6.07) is 5.76. The van der Waals surface area contributed by atoms with E-state index in [9.17, 15) is 9.59 Å². The number of carbonyl (C=O) groups excluding carboxylic acids is 2. The van der Waals surface area contributed by atoms with Crippen LogP contribution in [0.4, 0.5) is 11.4 Å². The number of nitrogens with one attached hydrogen (secondary N) is 1. The Bertz CT molecular complexity index is 583. The van der Waals surface area contributed by atoms with Gasteiger partial charge >= 0.3 is 5.97 Å². The van der Waals surface area contributed by atoms with Gasteiger partial charge in [-0.05, 0) is 25.2 Å². The molecule has 1 fully saturated rings. The molecule has 2 rings (SSSR count). The van der Waals surface area contributed by atoms with Crippen LogP contribution in [0.1, 0.15) is 12.8 Å². The van der Waals surface area contributed by atoms with Crippen molar-refractivity contribution in [3.8, 4) is 5.75 Å². The number of hydrogen-bond donors (Lipinski definition) is 1. The third-order valence-corrected chi connectivity index (χ3v) is 4.11. The maximum atomic E-state index is 12.0. The van der Waals surface area contributed by atoms with E-state index in [0.717, 1.165) is 31.9 Å². The number of benzene rings is 1. The molecule has 0 radical (unpaired) electrons. The van der Waals surface area contributed by atoms with Gasteiger partial charge in [0, 0.05) is 38.3 Å². The Morgan fingerprint density at radius 2 is 1.83 bits per heavy atom. The van der Waals surface area contributed by atoms with E-state index in [0.29, 0.717) is 11.4 Å². The Hall–Kier alpha value is -2.28. The number of methoxy groups -OCH3 is 2. The topological polar surface area (TPSA) is 71.1 Å². The van der Waals surface area contributed by atoms with Gasteiger partial charge in [-0.1, -0.05) is 0 Å². The van der Waals surface area contributed by atoms with Crippen molar-refractivity contribution in [2.24, 2.45) is 0 Å². The van der Waals surface area contributed by atoms with Crippen LogP contribution in [0.5, 0.6) is 5.75 Å². The lowest BCUT2D eigenvalue weighted by Gasteiger charge is -2.34. The molecular weight excluding hydrogens is 310 g/mol. The highest BCUT2D eigenvalue weighted by Gasteiger charge is 2.17. The molecule has 0 bridgehead atoms. The van der Waals surface area contributed by atoms with Crippen LogP contribution in [-0.4, -0.2) is 64.2 Å². The minimum Gasteiger partial charge on any atom is -0.495 e. The molecule has 1 N–H and O–H groups in total. The van der Waals surface area contributed by atoms with Gasteiger partial charge in [-0.25, -0.2) is 0 Å². The molecule has 0 spiro atoms. The molecule has 0 saturated carbocycles. The number of anilines is 2. The maximum absolute atomic E-state index is 12.0. The molecule has 24 heavy (non-hydrogen) atoms. The van der Waals surface area contributed by atoms with Crippen LogP contribution >= 0.6 is 0 Å². The lowest BCUT2D eigenvalue weighted by atomic mass is 10.2. The summed E-state index contributed by atoms with van der Waals surface area (Å²) >= 11 is 0. The van der Waals surface area contributed by atoms with Gasteiger partial charge in [0.2, 0.25) is 5.91 Å². The first kappa shape index (κ1) is 18.1. The van der Waals surface area contributed by atoms with Crippen molar-refractivity contribution in [2.45, 2.75) is 12.8 Å². The highest BCUT2D eigenvalue weighted by atomic mass is 16.5. The summed E-state index contributed by atoms with van der Waals surface area (Å²) in [5.74, 6) is -0.0446. The molecule has 7 nitrogen and oxygen atoms in total. The second kappa shape index (κ2) is 8.54. The molecular formula is C17H25N3O4. The first-order valence-electron chi connectivity index (χ1n) is 8.01. The van der Waals surface area contributed by atoms with E-state index >= 15 is 0 Å². The third-order valence-electron chi connectivity index (χ3n) is 4.11. The zero-order chi connectivity index (χ0) is 17.5. The van der Waals surface area contributed by atoms with Gasteiger partial charge in [-0.3, -0.25) is 9.59 Å². The summed E-state index contributed by atoms with van der Waals surface area (Å²) in [7, 11) is 4.98. The maximum Gasteiger partial charge on any atom is 0.306 e. The number of esters is 1. The number of carbonyl (C=O) groups is 2. The zero-order valence-corrected chi connectivity index (χ0v) is 14.5. The number of likely N-dealkylation sites (N-methyl/N-ethyl adjacent to an activating group) is 1. The Kier molecular flexibility index (Phi) is 6.43. The molecule has 0 atom stereocenters. The minimum atomic E-state index is -0.400. The fourth-order valence-corrected chi connectivity index (χ4v) is 2.59. The summed E-state index contributed by atoms with van der Waals surface area (Å²) in [5, 5.41) is 2.82. The average Bonchev–Trinajstić information content (AvgIpc) is 2.60. The fraction of sp³-hybridized carbons (Fsp3) is 0.529. The Labute approximate surface area is 142 Å². The Balaban J connectivity index is 2.05. The van der Waals surface area contributed by atoms with Gasteiger partial charge in [-0.2, -0.15) is 0 Å². The van der Waals surface area contributed by atoms with Crippen molar-refractivity contribution in [1.82, 2.24) is 4.90 Å². The molecule has 1 saturated heterocycles. The number of rotatable bonds is 6. The number of amides is 1. The van der Waals surface area contributed by atoms with Crippen molar-refractivity contribution < 1.29 is 19.1 Å². The first-order chi connectivity index (χ1) is 11.5. The summed E-state index contributed by atoms with van der Waals surface area (Å²) < 4.78 is 9.87. The highest BCUT2D eigenvalue weighted by Crippen LogP contribution is 2.30. The van der Waals surface area contributed by atoms with E-state index in [4.69, 9.17) is 4.74 Å². The molecule has 0 unspecified atom stereocenters. The van der Waals surface area contributed by atoms with Crippen LogP contribution in [0.2, 0.25) is 0 Å². The fourth-order valence-electron chi connectivity index (χ4n) is 2.59. The molecule has 0 aliphatic carbocycles. The van der Waals surface area contributed by atoms with Gasteiger partial charge in [0.1, 0.15) is 5.75 Å². The first-order valence-corrected chi connectivity index (χ1v) is 8.01. The Morgan fingerprint density at radius 3 is 2.46 bits per heavy atom. The van der Waals surface area contributed by atoms with Gasteiger partial charge in [-0.15, -0.1) is 0 Å². The average molecular weight is 335 g/mol. The molecule has 1 aliphatic heterocycles. The third kappa shape index (κ3) is 4.86. The van der Waals surface area contributed by atoms with E-state index in [-0.39, 0.29) is 18.7 Å². The lowest BCUT2D eigenvalue weighted by Crippen LogP contribution is -2.44. The summed E-state index contributed by atoms with van der Waals surface area (Å²) in [5.41, 5.74) is 1.66. The van der Waals surface area contributed by atoms with Crippen LogP contribution in [0.15, 0.2) is 18.2 Å². The molecule has 1 heterocycles. The number of nitrogens with zero attached hydrogens (tertiary/aromatic N) is 2. The van der Waals surface area contributed by atoms with Crippen LogP contribution in [-0.2, 0) is 14.3 Å². The van der Waals surface area contributed by atoms with E-state index in [2.05, 4.69) is 26.9 Å². The number of ether oxygens (including phenoxy) is 2. The highest BCUT2D eigenvalue weighted by molar-refractivity contribution is 5.94. The molecule has 7 heteroatoms. The number of hydrogen-bond acceptors (Lipinski definition) is 6. The van der Waals surface area contributed by atoms with Crippen molar-refractivity contribution >= 4 is 23.3 Å². The molecule has 1 aromatic rings. The molecule has 132 valence electrons. The van der Waals surface area contributed by atoms with Crippen LogP contribution < -0.4 is 15.0 Å². The molecule has 1 aromatic carbocycles. The largest absolute Gasteiger partial charge is 0.495 e. The summed E-state index contributed by atoms with van der Waals surface area (Å²) in [4.78, 5) is 27.7. The van der Waals surface area contributed by atoms with Crippen LogP contribution in [0.25, 0.3) is 0 Å². The predicted octanol–water partition coefficient (Wildman–Crippen LogP) is 1.34. The second-order valence-electron chi connectivity index (χ2n) is 5.80. The van der Waals surface area contributed by atoms with Gasteiger partial charge in [0.15, 0.2) is 0 Å². The van der Waals surface area contributed by atoms with Crippen molar-refractivity contribution in [1.29, 1.82) is 0 Å². The minimum absolute atomic E-state index is 0.0583.